The highest BCUT2D eigenvalue weighted by molar-refractivity contribution is 7.11. The van der Waals surface area contributed by atoms with Gasteiger partial charge in [0.1, 0.15) is 5.00 Å². The summed E-state index contributed by atoms with van der Waals surface area (Å²) in [5, 5.41) is 17.5. The molecule has 7 nitrogen and oxygen atoms in total. The van der Waals surface area contributed by atoms with Gasteiger partial charge in [0.2, 0.25) is 11.7 Å². The number of nitrogens with zero attached hydrogens (tertiary/aromatic N) is 4. The number of tetrazole rings is 1. The summed E-state index contributed by atoms with van der Waals surface area (Å²) in [7, 11) is 0. The van der Waals surface area contributed by atoms with E-state index in [1.54, 1.807) is 0 Å². The lowest BCUT2D eigenvalue weighted by atomic mass is 9.93. The molecule has 0 aliphatic heterocycles. The van der Waals surface area contributed by atoms with E-state index in [1.165, 1.54) is 11.5 Å². The smallest absolute Gasteiger partial charge is 0.225 e. The van der Waals surface area contributed by atoms with Gasteiger partial charge in [-0.05, 0) is 48.8 Å². The average Bonchev–Trinajstić information content (AvgIpc) is 3.10. The molecule has 0 spiro atoms. The summed E-state index contributed by atoms with van der Waals surface area (Å²) < 4.78 is 4.26. The van der Waals surface area contributed by atoms with E-state index in [1.807, 2.05) is 6.92 Å². The van der Waals surface area contributed by atoms with Crippen molar-refractivity contribution < 1.29 is 4.79 Å². The van der Waals surface area contributed by atoms with Crippen LogP contribution in [0.4, 0.5) is 5.00 Å². The van der Waals surface area contributed by atoms with Crippen molar-refractivity contribution in [1.82, 2.24) is 25.0 Å². The minimum absolute atomic E-state index is 0.0000510. The zero-order valence-corrected chi connectivity index (χ0v) is 12.5. The summed E-state index contributed by atoms with van der Waals surface area (Å²) in [5.74, 6) is 0.787. The Labute approximate surface area is 126 Å². The standard InChI is InChI=1S/C13H16N6OS/c1-8-11(12-15-18-19-16-12)13(21-17-8)14-10(20)7-9-5-3-2-4-6-9/h3,5,9H,2,4,6-7H2,1H3,(H,14,20)(H,15,16,18,19). The van der Waals surface area contributed by atoms with Crippen LogP contribution in [0.1, 0.15) is 31.4 Å². The predicted molar refractivity (Wildman–Crippen MR) is 79.8 cm³/mol. The fourth-order valence-electron chi connectivity index (χ4n) is 2.45. The molecule has 1 amide bonds. The van der Waals surface area contributed by atoms with E-state index in [-0.39, 0.29) is 5.91 Å². The first-order valence-electron chi connectivity index (χ1n) is 6.90. The van der Waals surface area contributed by atoms with Crippen molar-refractivity contribution in [3.8, 4) is 11.4 Å². The lowest BCUT2D eigenvalue weighted by Gasteiger charge is -2.15. The van der Waals surface area contributed by atoms with Crippen LogP contribution in [0.5, 0.6) is 0 Å². The van der Waals surface area contributed by atoms with Gasteiger partial charge in [0.15, 0.2) is 0 Å². The van der Waals surface area contributed by atoms with E-state index in [0.717, 1.165) is 30.5 Å². The lowest BCUT2D eigenvalue weighted by Crippen LogP contribution is -2.16. The first-order valence-corrected chi connectivity index (χ1v) is 7.68. The molecule has 0 radical (unpaired) electrons. The molecule has 1 atom stereocenters. The Morgan fingerprint density at radius 1 is 1.57 bits per heavy atom. The van der Waals surface area contributed by atoms with Gasteiger partial charge in [-0.3, -0.25) is 4.79 Å². The third-order valence-corrected chi connectivity index (χ3v) is 4.34. The van der Waals surface area contributed by atoms with Gasteiger partial charge >= 0.3 is 0 Å². The van der Waals surface area contributed by atoms with Gasteiger partial charge in [-0.15, -0.1) is 10.2 Å². The van der Waals surface area contributed by atoms with E-state index >= 15 is 0 Å². The molecule has 8 heteroatoms. The number of hydrogen-bond donors (Lipinski definition) is 2. The molecule has 21 heavy (non-hydrogen) atoms. The van der Waals surface area contributed by atoms with Gasteiger partial charge in [0, 0.05) is 6.42 Å². The summed E-state index contributed by atoms with van der Waals surface area (Å²) in [6, 6.07) is 0. The summed E-state index contributed by atoms with van der Waals surface area (Å²) >= 11 is 1.24. The van der Waals surface area contributed by atoms with Crippen LogP contribution in [0.2, 0.25) is 0 Å². The highest BCUT2D eigenvalue weighted by Crippen LogP contribution is 2.32. The van der Waals surface area contributed by atoms with Gasteiger partial charge in [-0.2, -0.15) is 9.59 Å². The predicted octanol–water partition coefficient (Wildman–Crippen LogP) is 2.32. The molecule has 0 aromatic carbocycles. The number of carbonyl (C=O) groups is 1. The molecule has 1 aliphatic rings. The average molecular weight is 304 g/mol. The Balaban J connectivity index is 1.72. The number of aryl methyl sites for hydroxylation is 1. The first kappa shape index (κ1) is 13.9. The van der Waals surface area contributed by atoms with E-state index in [4.69, 9.17) is 0 Å². The van der Waals surface area contributed by atoms with Crippen molar-refractivity contribution in [1.29, 1.82) is 0 Å². The van der Waals surface area contributed by atoms with Gasteiger partial charge in [-0.1, -0.05) is 12.2 Å². The normalized spacial score (nSPS) is 17.9. The highest BCUT2D eigenvalue weighted by atomic mass is 32.1. The molecular formula is C13H16N6OS. The van der Waals surface area contributed by atoms with Crippen molar-refractivity contribution >= 4 is 22.4 Å². The van der Waals surface area contributed by atoms with Crippen LogP contribution < -0.4 is 5.32 Å². The zero-order valence-electron chi connectivity index (χ0n) is 11.7. The van der Waals surface area contributed by atoms with Crippen molar-refractivity contribution in [2.45, 2.75) is 32.6 Å². The molecule has 3 rings (SSSR count). The molecule has 0 fully saturated rings. The molecule has 2 aromatic rings. The van der Waals surface area contributed by atoms with E-state index in [9.17, 15) is 4.79 Å². The topological polar surface area (TPSA) is 96.5 Å². The minimum atomic E-state index is -0.0000510. The minimum Gasteiger partial charge on any atom is -0.316 e. The monoisotopic (exact) mass is 304 g/mol. The molecule has 1 aliphatic carbocycles. The Bertz CT molecular complexity index is 648. The van der Waals surface area contributed by atoms with Crippen LogP contribution in [-0.4, -0.2) is 30.9 Å². The van der Waals surface area contributed by atoms with Crippen molar-refractivity contribution in [3.05, 3.63) is 17.8 Å². The summed E-state index contributed by atoms with van der Waals surface area (Å²) in [4.78, 5) is 12.2. The summed E-state index contributed by atoms with van der Waals surface area (Å²) in [6.07, 6.45) is 8.14. The van der Waals surface area contributed by atoms with E-state index in [2.05, 4.69) is 42.5 Å². The van der Waals surface area contributed by atoms with Crippen molar-refractivity contribution in [3.63, 3.8) is 0 Å². The van der Waals surface area contributed by atoms with Crippen LogP contribution in [-0.2, 0) is 4.79 Å². The SMILES string of the molecule is Cc1nsc(NC(=O)CC2C=CCCC2)c1-c1nn[nH]n1. The van der Waals surface area contributed by atoms with Crippen molar-refractivity contribution in [2.75, 3.05) is 5.32 Å². The molecule has 2 N–H and O–H groups in total. The molecule has 1 unspecified atom stereocenters. The second-order valence-electron chi connectivity index (χ2n) is 5.08. The lowest BCUT2D eigenvalue weighted by molar-refractivity contribution is -0.116. The summed E-state index contributed by atoms with van der Waals surface area (Å²) in [6.45, 7) is 1.86. The van der Waals surface area contributed by atoms with Crippen LogP contribution >= 0.6 is 11.5 Å². The number of allylic oxidation sites excluding steroid dienone is 2. The van der Waals surface area contributed by atoms with E-state index < -0.39 is 0 Å². The van der Waals surface area contributed by atoms with Crippen LogP contribution in [0, 0.1) is 12.8 Å². The summed E-state index contributed by atoms with van der Waals surface area (Å²) in [5.41, 5.74) is 1.52. The zero-order chi connectivity index (χ0) is 14.7. The molecule has 0 saturated carbocycles. The number of H-pyrrole nitrogens is 1. The molecule has 110 valence electrons. The molecular weight excluding hydrogens is 288 g/mol. The maximum absolute atomic E-state index is 12.2. The molecule has 0 bridgehead atoms. The molecule has 2 heterocycles. The maximum atomic E-state index is 12.2. The van der Waals surface area contributed by atoms with Crippen molar-refractivity contribution in [2.24, 2.45) is 5.92 Å². The van der Waals surface area contributed by atoms with Crippen LogP contribution in [0.3, 0.4) is 0 Å². The van der Waals surface area contributed by atoms with Gasteiger partial charge < -0.3 is 5.32 Å². The Morgan fingerprint density at radius 3 is 3.19 bits per heavy atom. The van der Waals surface area contributed by atoms with Crippen LogP contribution in [0.15, 0.2) is 12.2 Å². The fraction of sp³-hybridized carbons (Fsp3) is 0.462. The fourth-order valence-corrected chi connectivity index (χ4v) is 3.26. The number of hydrogen-bond acceptors (Lipinski definition) is 6. The van der Waals surface area contributed by atoms with Gasteiger partial charge in [-0.25, -0.2) is 0 Å². The van der Waals surface area contributed by atoms with E-state index in [0.29, 0.717) is 23.2 Å². The number of carbonyl (C=O) groups excluding carboxylic acids is 1. The highest BCUT2D eigenvalue weighted by Gasteiger charge is 2.20. The number of aromatic amines is 1. The largest absolute Gasteiger partial charge is 0.316 e. The van der Waals surface area contributed by atoms with Gasteiger partial charge in [0.05, 0.1) is 11.3 Å². The number of rotatable bonds is 4. The second-order valence-corrected chi connectivity index (χ2v) is 5.85. The third-order valence-electron chi connectivity index (χ3n) is 3.49. The molecule has 0 saturated heterocycles. The Morgan fingerprint density at radius 2 is 2.48 bits per heavy atom. The quantitative estimate of drug-likeness (QED) is 0.845. The first-order chi connectivity index (χ1) is 10.2. The third kappa shape index (κ3) is 3.15. The number of aromatic nitrogens is 5. The maximum Gasteiger partial charge on any atom is 0.225 e. The number of anilines is 1. The number of amides is 1. The van der Waals surface area contributed by atoms with Gasteiger partial charge in [0.25, 0.3) is 0 Å². The second kappa shape index (κ2) is 6.13. The number of nitrogens with one attached hydrogen (secondary N) is 2. The molecule has 2 aromatic heterocycles. The Hall–Kier alpha value is -2.09. The Kier molecular flexibility index (Phi) is 4.05. The van der Waals surface area contributed by atoms with Crippen LogP contribution in [0.25, 0.3) is 11.4 Å².